The first-order valence-corrected chi connectivity index (χ1v) is 9.02. The zero-order valence-electron chi connectivity index (χ0n) is 14.5. The molecule has 3 nitrogen and oxygen atoms in total. The Labute approximate surface area is 162 Å². The smallest absolute Gasteiger partial charge is 0.339 e. The van der Waals surface area contributed by atoms with Crippen LogP contribution >= 0.6 is 11.6 Å². The van der Waals surface area contributed by atoms with Gasteiger partial charge in [0.2, 0.25) is 0 Å². The van der Waals surface area contributed by atoms with E-state index in [0.29, 0.717) is 23.0 Å². The zero-order valence-corrected chi connectivity index (χ0v) is 15.3. The quantitative estimate of drug-likeness (QED) is 0.560. The topological polar surface area (TPSA) is 35.5 Å². The van der Waals surface area contributed by atoms with Crippen LogP contribution in [-0.2, 0) is 16.1 Å². The largest absolute Gasteiger partial charge is 0.488 e. The second-order valence-electron chi connectivity index (χ2n) is 6.21. The molecule has 4 heteroatoms. The lowest BCUT2D eigenvalue weighted by atomic mass is 9.96. The van der Waals surface area contributed by atoms with Gasteiger partial charge in [0.05, 0.1) is 5.57 Å². The Morgan fingerprint density at radius 1 is 0.889 bits per heavy atom. The number of rotatable bonds is 5. The van der Waals surface area contributed by atoms with Gasteiger partial charge in [0.1, 0.15) is 19.0 Å². The number of hydrogen-bond donors (Lipinski definition) is 0. The zero-order chi connectivity index (χ0) is 18.6. The molecule has 0 saturated carbocycles. The van der Waals surface area contributed by atoms with Gasteiger partial charge in [-0.25, -0.2) is 4.79 Å². The van der Waals surface area contributed by atoms with Gasteiger partial charge in [0.25, 0.3) is 0 Å². The first-order valence-electron chi connectivity index (χ1n) is 8.65. The minimum atomic E-state index is -0.323. The molecule has 0 bridgehead atoms. The van der Waals surface area contributed by atoms with Crippen molar-refractivity contribution < 1.29 is 14.3 Å². The highest BCUT2D eigenvalue weighted by atomic mass is 35.5. The molecule has 27 heavy (non-hydrogen) atoms. The SMILES string of the molecule is O=C1OCC(c2ccccc2)=C1c1ccccc1OCc1ccc(Cl)cc1. The van der Waals surface area contributed by atoms with Gasteiger partial charge in [-0.1, -0.05) is 72.3 Å². The summed E-state index contributed by atoms with van der Waals surface area (Å²) in [6.45, 7) is 0.654. The third-order valence-electron chi connectivity index (χ3n) is 4.44. The Hall–Kier alpha value is -3.04. The number of esters is 1. The fourth-order valence-electron chi connectivity index (χ4n) is 3.09. The molecule has 0 aromatic heterocycles. The third-order valence-corrected chi connectivity index (χ3v) is 4.69. The van der Waals surface area contributed by atoms with E-state index in [2.05, 4.69) is 0 Å². The molecular weight excluding hydrogens is 360 g/mol. The average molecular weight is 377 g/mol. The first-order chi connectivity index (χ1) is 13.2. The third kappa shape index (κ3) is 3.74. The Morgan fingerprint density at radius 2 is 1.59 bits per heavy atom. The van der Waals surface area contributed by atoms with Gasteiger partial charge in [0, 0.05) is 16.2 Å². The van der Waals surface area contributed by atoms with E-state index in [1.165, 1.54) is 0 Å². The maximum atomic E-state index is 12.5. The van der Waals surface area contributed by atoms with E-state index in [1.54, 1.807) is 0 Å². The lowest BCUT2D eigenvalue weighted by molar-refractivity contribution is -0.133. The van der Waals surface area contributed by atoms with Crippen molar-refractivity contribution in [2.75, 3.05) is 6.61 Å². The monoisotopic (exact) mass is 376 g/mol. The summed E-state index contributed by atoms with van der Waals surface area (Å²) in [5.41, 5.74) is 4.16. The van der Waals surface area contributed by atoms with Gasteiger partial charge in [-0.15, -0.1) is 0 Å². The Balaban J connectivity index is 1.69. The Morgan fingerprint density at radius 3 is 2.37 bits per heavy atom. The summed E-state index contributed by atoms with van der Waals surface area (Å²) in [4.78, 5) is 12.5. The molecule has 134 valence electrons. The minimum absolute atomic E-state index is 0.268. The van der Waals surface area contributed by atoms with E-state index in [9.17, 15) is 4.79 Å². The number of cyclic esters (lactones) is 1. The van der Waals surface area contributed by atoms with Crippen LogP contribution in [0.15, 0.2) is 78.9 Å². The molecule has 1 aliphatic rings. The first kappa shape index (κ1) is 17.4. The molecule has 1 aliphatic heterocycles. The maximum Gasteiger partial charge on any atom is 0.339 e. The van der Waals surface area contributed by atoms with Crippen LogP contribution in [0.5, 0.6) is 5.75 Å². The van der Waals surface area contributed by atoms with Crippen molar-refractivity contribution in [1.29, 1.82) is 0 Å². The van der Waals surface area contributed by atoms with E-state index >= 15 is 0 Å². The molecule has 4 rings (SSSR count). The summed E-state index contributed by atoms with van der Waals surface area (Å²) in [6, 6.07) is 24.9. The normalized spacial score (nSPS) is 13.6. The highest BCUT2D eigenvalue weighted by molar-refractivity contribution is 6.30. The second-order valence-corrected chi connectivity index (χ2v) is 6.64. The molecule has 0 radical (unpaired) electrons. The molecule has 3 aromatic rings. The summed E-state index contributed by atoms with van der Waals surface area (Å²) in [5.74, 6) is 0.325. The predicted octanol–water partition coefficient (Wildman–Crippen LogP) is 5.39. The van der Waals surface area contributed by atoms with Gasteiger partial charge < -0.3 is 9.47 Å². The lowest BCUT2D eigenvalue weighted by Gasteiger charge is -2.12. The molecule has 0 N–H and O–H groups in total. The fraction of sp³-hybridized carbons (Fsp3) is 0.0870. The van der Waals surface area contributed by atoms with Crippen LogP contribution in [0.25, 0.3) is 11.1 Å². The minimum Gasteiger partial charge on any atom is -0.488 e. The molecule has 0 spiro atoms. The number of para-hydroxylation sites is 1. The molecule has 0 saturated heterocycles. The molecule has 0 atom stereocenters. The van der Waals surface area contributed by atoms with Crippen molar-refractivity contribution in [1.82, 2.24) is 0 Å². The fourth-order valence-corrected chi connectivity index (χ4v) is 3.21. The van der Waals surface area contributed by atoms with Gasteiger partial charge in [0.15, 0.2) is 0 Å². The summed E-state index contributed by atoms with van der Waals surface area (Å²) >= 11 is 5.93. The van der Waals surface area contributed by atoms with Crippen LogP contribution in [-0.4, -0.2) is 12.6 Å². The van der Waals surface area contributed by atoms with E-state index in [0.717, 1.165) is 22.3 Å². The lowest BCUT2D eigenvalue weighted by Crippen LogP contribution is -2.03. The second kappa shape index (κ2) is 7.68. The molecule has 0 aliphatic carbocycles. The Kier molecular flexibility index (Phi) is 4.95. The van der Waals surface area contributed by atoms with E-state index in [1.807, 2.05) is 78.9 Å². The number of carbonyl (C=O) groups excluding carboxylic acids is 1. The number of benzene rings is 3. The van der Waals surface area contributed by atoms with Gasteiger partial charge in [-0.05, 0) is 29.3 Å². The number of hydrogen-bond acceptors (Lipinski definition) is 3. The summed E-state index contributed by atoms with van der Waals surface area (Å²) in [5, 5.41) is 0.686. The van der Waals surface area contributed by atoms with Crippen LogP contribution in [0.1, 0.15) is 16.7 Å². The van der Waals surface area contributed by atoms with Crippen LogP contribution in [0.4, 0.5) is 0 Å². The number of ether oxygens (including phenoxy) is 2. The van der Waals surface area contributed by atoms with Crippen LogP contribution in [0, 0.1) is 0 Å². The summed E-state index contributed by atoms with van der Waals surface area (Å²) < 4.78 is 11.4. The van der Waals surface area contributed by atoms with E-state index in [-0.39, 0.29) is 12.6 Å². The highest BCUT2D eigenvalue weighted by Gasteiger charge is 2.29. The van der Waals surface area contributed by atoms with Gasteiger partial charge in [-0.3, -0.25) is 0 Å². The molecule has 0 fully saturated rings. The molecule has 1 heterocycles. The van der Waals surface area contributed by atoms with Crippen molar-refractivity contribution in [2.24, 2.45) is 0 Å². The van der Waals surface area contributed by atoms with Crippen molar-refractivity contribution in [3.63, 3.8) is 0 Å². The molecular formula is C23H17ClO3. The standard InChI is InChI=1S/C23H17ClO3/c24-18-12-10-16(11-13-18)14-26-21-9-5-4-8-19(21)22-20(15-27-23(22)25)17-6-2-1-3-7-17/h1-13H,14-15H2. The van der Waals surface area contributed by atoms with Crippen LogP contribution < -0.4 is 4.74 Å². The van der Waals surface area contributed by atoms with Gasteiger partial charge in [-0.2, -0.15) is 0 Å². The van der Waals surface area contributed by atoms with E-state index in [4.69, 9.17) is 21.1 Å². The number of carbonyl (C=O) groups is 1. The maximum absolute atomic E-state index is 12.5. The Bertz CT molecular complexity index is 992. The summed E-state index contributed by atoms with van der Waals surface area (Å²) in [7, 11) is 0. The molecule has 0 unspecified atom stereocenters. The molecule has 0 amide bonds. The average Bonchev–Trinajstić information content (AvgIpc) is 3.10. The van der Waals surface area contributed by atoms with Crippen molar-refractivity contribution >= 4 is 28.7 Å². The summed E-state index contributed by atoms with van der Waals surface area (Å²) in [6.07, 6.45) is 0. The highest BCUT2D eigenvalue weighted by Crippen LogP contribution is 2.37. The van der Waals surface area contributed by atoms with Gasteiger partial charge >= 0.3 is 5.97 Å². The van der Waals surface area contributed by atoms with Crippen LogP contribution in [0.2, 0.25) is 5.02 Å². The van der Waals surface area contributed by atoms with E-state index < -0.39 is 0 Å². The predicted molar refractivity (Wildman–Crippen MR) is 106 cm³/mol. The molecule has 3 aromatic carbocycles. The van der Waals surface area contributed by atoms with Crippen LogP contribution in [0.3, 0.4) is 0 Å². The van der Waals surface area contributed by atoms with Crippen molar-refractivity contribution in [2.45, 2.75) is 6.61 Å². The van der Waals surface area contributed by atoms with Crippen molar-refractivity contribution in [3.8, 4) is 5.75 Å². The van der Waals surface area contributed by atoms with Crippen molar-refractivity contribution in [3.05, 3.63) is 101 Å². The number of halogens is 1.